The summed E-state index contributed by atoms with van der Waals surface area (Å²) in [5, 5.41) is 0.548. The number of guanidine groups is 1. The lowest BCUT2D eigenvalue weighted by Crippen LogP contribution is -2.55. The van der Waals surface area contributed by atoms with Gasteiger partial charge in [-0.1, -0.05) is 17.7 Å². The highest BCUT2D eigenvalue weighted by molar-refractivity contribution is 6.30. The number of pyridine rings is 1. The predicted molar refractivity (Wildman–Crippen MR) is 118 cm³/mol. The topological polar surface area (TPSA) is 90.0 Å². The zero-order valence-electron chi connectivity index (χ0n) is 17.5. The van der Waals surface area contributed by atoms with Gasteiger partial charge in [0, 0.05) is 43.1 Å². The smallest absolute Gasteiger partial charge is 0.262 e. The van der Waals surface area contributed by atoms with Gasteiger partial charge in [0.1, 0.15) is 11.9 Å². The van der Waals surface area contributed by atoms with E-state index in [9.17, 15) is 4.79 Å². The van der Waals surface area contributed by atoms with E-state index in [1.165, 1.54) is 4.90 Å². The van der Waals surface area contributed by atoms with Crippen LogP contribution in [0.1, 0.15) is 31.7 Å². The van der Waals surface area contributed by atoms with Crippen LogP contribution in [0.5, 0.6) is 5.75 Å². The van der Waals surface area contributed by atoms with Gasteiger partial charge in [0.15, 0.2) is 11.5 Å². The van der Waals surface area contributed by atoms with Crippen LogP contribution in [0.4, 0.5) is 0 Å². The summed E-state index contributed by atoms with van der Waals surface area (Å²) in [7, 11) is 1.67. The first-order chi connectivity index (χ1) is 14.9. The first kappa shape index (κ1) is 20.3. The first-order valence-corrected chi connectivity index (χ1v) is 11.0. The number of aliphatic imine (C=N–C) groups is 1. The third kappa shape index (κ3) is 3.10. The molecule has 2 N–H and O–H groups in total. The Morgan fingerprint density at radius 2 is 2.13 bits per heavy atom. The molecule has 0 bridgehead atoms. The number of carbonyl (C=O) groups is 1. The van der Waals surface area contributed by atoms with Gasteiger partial charge in [0.2, 0.25) is 0 Å². The van der Waals surface area contributed by atoms with Crippen molar-refractivity contribution in [2.24, 2.45) is 16.6 Å². The highest BCUT2D eigenvalue weighted by Gasteiger charge is 2.61. The Bertz CT molecular complexity index is 1070. The van der Waals surface area contributed by atoms with E-state index in [1.807, 2.05) is 31.2 Å². The fourth-order valence-corrected chi connectivity index (χ4v) is 5.37. The fourth-order valence-electron chi connectivity index (χ4n) is 5.19. The molecule has 1 saturated carbocycles. The van der Waals surface area contributed by atoms with E-state index in [-0.39, 0.29) is 30.0 Å². The van der Waals surface area contributed by atoms with E-state index in [2.05, 4.69) is 4.98 Å². The Hall–Kier alpha value is -2.64. The van der Waals surface area contributed by atoms with Crippen LogP contribution in [-0.4, -0.2) is 47.6 Å². The normalized spacial score (nSPS) is 29.4. The number of likely N-dealkylation sites (N-methyl/N-ethyl adjacent to an activating group) is 1. The van der Waals surface area contributed by atoms with E-state index in [1.54, 1.807) is 19.4 Å². The summed E-state index contributed by atoms with van der Waals surface area (Å²) in [5.74, 6) is 0.622. The molecule has 2 aliphatic heterocycles. The molecule has 0 saturated heterocycles. The molecule has 1 amide bonds. The average molecular weight is 441 g/mol. The van der Waals surface area contributed by atoms with Crippen molar-refractivity contribution >= 4 is 23.5 Å². The molecule has 1 aromatic heterocycles. The molecule has 4 atom stereocenters. The average Bonchev–Trinajstić information content (AvgIpc) is 2.99. The van der Waals surface area contributed by atoms with Crippen LogP contribution >= 0.6 is 11.6 Å². The summed E-state index contributed by atoms with van der Waals surface area (Å²) in [6, 6.07) is 7.69. The molecule has 1 aliphatic carbocycles. The maximum atomic E-state index is 13.7. The number of benzene rings is 1. The third-order valence-corrected chi connectivity index (χ3v) is 6.86. The molecule has 3 heterocycles. The van der Waals surface area contributed by atoms with Gasteiger partial charge in [-0.3, -0.25) is 14.7 Å². The van der Waals surface area contributed by atoms with E-state index >= 15 is 0 Å². The Labute approximate surface area is 186 Å². The number of carbonyl (C=O) groups excluding carboxylic acids is 1. The van der Waals surface area contributed by atoms with Crippen molar-refractivity contribution in [2.45, 2.75) is 43.9 Å². The third-order valence-electron chi connectivity index (χ3n) is 6.65. The van der Waals surface area contributed by atoms with Gasteiger partial charge >= 0.3 is 0 Å². The molecule has 162 valence electrons. The monoisotopic (exact) mass is 440 g/mol. The van der Waals surface area contributed by atoms with Crippen LogP contribution in [0, 0.1) is 5.92 Å². The minimum Gasteiger partial charge on any atom is -0.490 e. The molecule has 2 aromatic rings. The molecule has 7 nitrogen and oxygen atoms in total. The summed E-state index contributed by atoms with van der Waals surface area (Å²) in [4.78, 5) is 24.1. The lowest BCUT2D eigenvalue weighted by atomic mass is 9.66. The molecule has 31 heavy (non-hydrogen) atoms. The van der Waals surface area contributed by atoms with Crippen LogP contribution in [-0.2, 0) is 15.1 Å². The standard InChI is InChI=1S/C23H25ClN4O3/c1-3-30-16-5-7-20-18(10-16)23(21(29)28(2)22(25)27-23)17-9-13(4-6-19(17)31-20)14-8-15(24)12-26-11-14/h4,6,8-9,11-12,16,18,20H,3,5,7,10H2,1-2H3,(H2,25,27). The predicted octanol–water partition coefficient (Wildman–Crippen LogP) is 3.35. The zero-order valence-corrected chi connectivity index (χ0v) is 18.3. The van der Waals surface area contributed by atoms with Crippen LogP contribution in [0.2, 0.25) is 5.02 Å². The van der Waals surface area contributed by atoms with Crippen molar-refractivity contribution in [3.05, 3.63) is 47.2 Å². The highest BCUT2D eigenvalue weighted by Crippen LogP contribution is 2.54. The Morgan fingerprint density at radius 1 is 1.29 bits per heavy atom. The van der Waals surface area contributed by atoms with Crippen molar-refractivity contribution in [3.63, 3.8) is 0 Å². The summed E-state index contributed by atoms with van der Waals surface area (Å²) in [6.45, 7) is 2.63. The Kier molecular flexibility index (Phi) is 4.90. The van der Waals surface area contributed by atoms with Gasteiger partial charge in [0.25, 0.3) is 5.91 Å². The fraction of sp³-hybridized carbons (Fsp3) is 0.435. The minimum absolute atomic E-state index is 0.0729. The molecule has 1 fully saturated rings. The minimum atomic E-state index is -1.12. The van der Waals surface area contributed by atoms with E-state index in [0.29, 0.717) is 23.8 Å². The summed E-state index contributed by atoms with van der Waals surface area (Å²) >= 11 is 6.16. The first-order valence-electron chi connectivity index (χ1n) is 10.6. The maximum Gasteiger partial charge on any atom is 0.262 e. The Morgan fingerprint density at radius 3 is 2.84 bits per heavy atom. The number of amides is 1. The summed E-state index contributed by atoms with van der Waals surface area (Å²) in [5.41, 5.74) is 7.54. The number of nitrogens with zero attached hydrogens (tertiary/aromatic N) is 3. The van der Waals surface area contributed by atoms with Gasteiger partial charge in [-0.2, -0.15) is 0 Å². The van der Waals surface area contributed by atoms with Crippen LogP contribution in [0.3, 0.4) is 0 Å². The maximum absolute atomic E-state index is 13.7. The number of ether oxygens (including phenoxy) is 2. The molecule has 5 rings (SSSR count). The van der Waals surface area contributed by atoms with Gasteiger partial charge < -0.3 is 15.2 Å². The summed E-state index contributed by atoms with van der Waals surface area (Å²) in [6.07, 6.45) is 5.70. The van der Waals surface area contributed by atoms with Crippen molar-refractivity contribution in [3.8, 4) is 16.9 Å². The highest BCUT2D eigenvalue weighted by atomic mass is 35.5. The number of hydrogen-bond acceptors (Lipinski definition) is 6. The van der Waals surface area contributed by atoms with Gasteiger partial charge in [-0.05, 0) is 49.9 Å². The number of rotatable bonds is 3. The zero-order chi connectivity index (χ0) is 21.8. The molecular weight excluding hydrogens is 416 g/mol. The summed E-state index contributed by atoms with van der Waals surface area (Å²) < 4.78 is 12.3. The number of aromatic nitrogens is 1. The van der Waals surface area contributed by atoms with Crippen LogP contribution in [0.15, 0.2) is 41.7 Å². The molecule has 3 aliphatic rings. The van der Waals surface area contributed by atoms with E-state index in [0.717, 1.165) is 29.5 Å². The lowest BCUT2D eigenvalue weighted by Gasteiger charge is -2.47. The number of hydrogen-bond donors (Lipinski definition) is 1. The van der Waals surface area contributed by atoms with Gasteiger partial charge in [0.05, 0.1) is 11.1 Å². The quantitative estimate of drug-likeness (QED) is 0.790. The second-order valence-corrected chi connectivity index (χ2v) is 8.79. The number of halogens is 1. The molecule has 0 radical (unpaired) electrons. The largest absolute Gasteiger partial charge is 0.490 e. The van der Waals surface area contributed by atoms with E-state index in [4.69, 9.17) is 31.8 Å². The van der Waals surface area contributed by atoms with Crippen LogP contribution < -0.4 is 10.5 Å². The molecule has 1 spiro atoms. The number of fused-ring (bicyclic) bond motifs is 4. The van der Waals surface area contributed by atoms with Crippen molar-refractivity contribution in [1.82, 2.24) is 9.88 Å². The SMILES string of the molecule is CCOC1CCC2Oc3ccc(-c4cncc(Cl)c4)cc3C3(N=C(N)N(C)C3=O)C2C1. The van der Waals surface area contributed by atoms with Crippen LogP contribution in [0.25, 0.3) is 11.1 Å². The molecule has 8 heteroatoms. The molecule has 4 unspecified atom stereocenters. The second kappa shape index (κ2) is 7.50. The van der Waals surface area contributed by atoms with Gasteiger partial charge in [-0.25, -0.2) is 4.99 Å². The second-order valence-electron chi connectivity index (χ2n) is 8.36. The number of nitrogens with two attached hydrogens (primary N) is 1. The Balaban J connectivity index is 1.67. The molecular formula is C23H25ClN4O3. The lowest BCUT2D eigenvalue weighted by molar-refractivity contribution is -0.139. The van der Waals surface area contributed by atoms with Crippen molar-refractivity contribution in [1.29, 1.82) is 0 Å². The van der Waals surface area contributed by atoms with Crippen molar-refractivity contribution in [2.75, 3.05) is 13.7 Å². The van der Waals surface area contributed by atoms with Crippen molar-refractivity contribution < 1.29 is 14.3 Å². The molecule has 1 aromatic carbocycles. The van der Waals surface area contributed by atoms with E-state index < -0.39 is 5.54 Å². The van der Waals surface area contributed by atoms with Gasteiger partial charge in [-0.15, -0.1) is 0 Å².